The summed E-state index contributed by atoms with van der Waals surface area (Å²) < 4.78 is 17.0. The fraction of sp³-hybridized carbons (Fsp3) is 0.452. The summed E-state index contributed by atoms with van der Waals surface area (Å²) >= 11 is 0. The molecule has 1 saturated carbocycles. The minimum atomic E-state index is -0.706. The SMILES string of the molecule is CC(C)C1=NC2=C(C(=O)CC(c3ccc4c(c3)OCO4)C2)C(c2cccc(O)c2)C1C(=O)OC1CCCC1. The molecule has 2 aromatic rings. The van der Waals surface area contributed by atoms with Gasteiger partial charge in [-0.05, 0) is 79.3 Å². The molecule has 2 heterocycles. The predicted molar refractivity (Wildman–Crippen MR) is 142 cm³/mol. The Bertz CT molecular complexity index is 1340. The van der Waals surface area contributed by atoms with E-state index in [-0.39, 0.29) is 42.2 Å². The molecule has 0 saturated heterocycles. The molecule has 2 aromatic carbocycles. The Morgan fingerprint density at radius 2 is 1.82 bits per heavy atom. The van der Waals surface area contributed by atoms with Gasteiger partial charge in [-0.1, -0.05) is 32.0 Å². The zero-order chi connectivity index (χ0) is 26.4. The third-order valence-corrected chi connectivity index (χ3v) is 8.24. The highest BCUT2D eigenvalue weighted by Crippen LogP contribution is 2.49. The second-order valence-corrected chi connectivity index (χ2v) is 11.1. The summed E-state index contributed by atoms with van der Waals surface area (Å²) in [6, 6.07) is 12.7. The van der Waals surface area contributed by atoms with Gasteiger partial charge >= 0.3 is 5.97 Å². The van der Waals surface area contributed by atoms with Crippen molar-refractivity contribution < 1.29 is 28.9 Å². The first-order chi connectivity index (χ1) is 18.4. The number of phenols is 1. The van der Waals surface area contributed by atoms with E-state index in [2.05, 4.69) is 0 Å². The van der Waals surface area contributed by atoms with Crippen LogP contribution in [0.3, 0.4) is 0 Å². The van der Waals surface area contributed by atoms with E-state index in [4.69, 9.17) is 19.2 Å². The van der Waals surface area contributed by atoms with Crippen LogP contribution in [0, 0.1) is 11.8 Å². The Morgan fingerprint density at radius 1 is 1.03 bits per heavy atom. The van der Waals surface area contributed by atoms with E-state index in [0.717, 1.165) is 48.2 Å². The van der Waals surface area contributed by atoms with Gasteiger partial charge < -0.3 is 19.3 Å². The number of hydrogen-bond donors (Lipinski definition) is 1. The summed E-state index contributed by atoms with van der Waals surface area (Å²) in [6.07, 6.45) is 4.65. The van der Waals surface area contributed by atoms with Crippen molar-refractivity contribution in [3.63, 3.8) is 0 Å². The molecule has 6 rings (SSSR count). The fourth-order valence-corrected chi connectivity index (χ4v) is 6.40. The molecule has 1 fully saturated rings. The van der Waals surface area contributed by atoms with E-state index in [1.54, 1.807) is 18.2 Å². The molecular weight excluding hydrogens is 482 g/mol. The van der Waals surface area contributed by atoms with Crippen LogP contribution in [0.2, 0.25) is 0 Å². The van der Waals surface area contributed by atoms with Crippen LogP contribution in [-0.2, 0) is 14.3 Å². The third-order valence-electron chi connectivity index (χ3n) is 8.24. The van der Waals surface area contributed by atoms with E-state index in [9.17, 15) is 14.7 Å². The van der Waals surface area contributed by atoms with Crippen LogP contribution in [0.15, 0.2) is 58.7 Å². The Morgan fingerprint density at radius 3 is 2.58 bits per heavy atom. The molecule has 0 radical (unpaired) electrons. The van der Waals surface area contributed by atoms with Crippen molar-refractivity contribution in [3.8, 4) is 17.2 Å². The Balaban J connectivity index is 1.42. The number of esters is 1. The first-order valence-corrected chi connectivity index (χ1v) is 13.6. The van der Waals surface area contributed by atoms with Gasteiger partial charge in [0.05, 0.1) is 0 Å². The molecule has 38 heavy (non-hydrogen) atoms. The Hall–Kier alpha value is -3.61. The summed E-state index contributed by atoms with van der Waals surface area (Å²) in [7, 11) is 0. The summed E-state index contributed by atoms with van der Waals surface area (Å²) in [5.41, 5.74) is 3.77. The van der Waals surface area contributed by atoms with Gasteiger partial charge in [0.15, 0.2) is 17.3 Å². The van der Waals surface area contributed by atoms with Crippen molar-refractivity contribution in [1.29, 1.82) is 0 Å². The molecule has 4 aliphatic rings. The molecule has 0 aromatic heterocycles. The maximum Gasteiger partial charge on any atom is 0.315 e. The molecule has 0 spiro atoms. The smallest absolute Gasteiger partial charge is 0.315 e. The topological polar surface area (TPSA) is 94.4 Å². The number of carbonyl (C=O) groups excluding carboxylic acids is 2. The van der Waals surface area contributed by atoms with E-state index in [1.165, 1.54) is 0 Å². The van der Waals surface area contributed by atoms with Gasteiger partial charge in [-0.25, -0.2) is 0 Å². The summed E-state index contributed by atoms with van der Waals surface area (Å²) in [4.78, 5) is 32.7. The van der Waals surface area contributed by atoms with Crippen LogP contribution in [0.5, 0.6) is 17.2 Å². The molecular formula is C31H33NO6. The normalized spacial score (nSPS) is 25.0. The predicted octanol–water partition coefficient (Wildman–Crippen LogP) is 5.82. The van der Waals surface area contributed by atoms with Gasteiger partial charge in [-0.3, -0.25) is 14.6 Å². The first-order valence-electron chi connectivity index (χ1n) is 13.6. The number of carbonyl (C=O) groups is 2. The van der Waals surface area contributed by atoms with Gasteiger partial charge in [-0.2, -0.15) is 0 Å². The maximum atomic E-state index is 13.9. The van der Waals surface area contributed by atoms with Crippen LogP contribution in [0.25, 0.3) is 0 Å². The van der Waals surface area contributed by atoms with E-state index in [1.807, 2.05) is 38.1 Å². The number of ether oxygens (including phenoxy) is 3. The number of phenolic OH excluding ortho intramolecular Hbond substituents is 1. The highest BCUT2D eigenvalue weighted by atomic mass is 16.7. The molecule has 0 amide bonds. The molecule has 3 unspecified atom stereocenters. The number of benzene rings is 2. The maximum absolute atomic E-state index is 13.9. The molecule has 1 N–H and O–H groups in total. The van der Waals surface area contributed by atoms with Crippen molar-refractivity contribution in [2.45, 2.75) is 70.3 Å². The first kappa shape index (κ1) is 24.7. The van der Waals surface area contributed by atoms with Gasteiger partial charge in [-0.15, -0.1) is 0 Å². The number of aromatic hydroxyl groups is 1. The third kappa shape index (κ3) is 4.48. The Labute approximate surface area is 222 Å². The van der Waals surface area contributed by atoms with Crippen molar-refractivity contribution in [3.05, 3.63) is 64.9 Å². The average molecular weight is 516 g/mol. The quantitative estimate of drug-likeness (QED) is 0.505. The van der Waals surface area contributed by atoms with E-state index < -0.39 is 11.8 Å². The molecule has 3 atom stereocenters. The fourth-order valence-electron chi connectivity index (χ4n) is 6.40. The highest BCUT2D eigenvalue weighted by molar-refractivity contribution is 6.10. The van der Waals surface area contributed by atoms with E-state index >= 15 is 0 Å². The van der Waals surface area contributed by atoms with Crippen molar-refractivity contribution >= 4 is 17.5 Å². The molecule has 2 aliphatic carbocycles. The highest BCUT2D eigenvalue weighted by Gasteiger charge is 2.47. The number of nitrogens with zero attached hydrogens (tertiary/aromatic N) is 1. The number of fused-ring (bicyclic) bond motifs is 1. The van der Waals surface area contributed by atoms with Crippen molar-refractivity contribution in [2.24, 2.45) is 16.8 Å². The zero-order valence-corrected chi connectivity index (χ0v) is 21.8. The van der Waals surface area contributed by atoms with Crippen LogP contribution < -0.4 is 9.47 Å². The number of aliphatic imine (C=N–C) groups is 1. The second-order valence-electron chi connectivity index (χ2n) is 11.1. The lowest BCUT2D eigenvalue weighted by molar-refractivity contribution is -0.151. The molecule has 0 bridgehead atoms. The number of Topliss-reactive ketones (excluding diaryl/α,β-unsaturated/α-hetero) is 1. The lowest BCUT2D eigenvalue weighted by Gasteiger charge is -2.38. The van der Waals surface area contributed by atoms with Crippen LogP contribution in [0.4, 0.5) is 0 Å². The minimum absolute atomic E-state index is 0.0208. The summed E-state index contributed by atoms with van der Waals surface area (Å²) in [5.74, 6) is -0.178. The number of rotatable bonds is 5. The van der Waals surface area contributed by atoms with Crippen LogP contribution in [-0.4, -0.2) is 35.5 Å². The second kappa shape index (κ2) is 9.93. The van der Waals surface area contributed by atoms with Crippen molar-refractivity contribution in [2.75, 3.05) is 6.79 Å². The lowest BCUT2D eigenvalue weighted by atomic mass is 9.67. The minimum Gasteiger partial charge on any atom is -0.508 e. The van der Waals surface area contributed by atoms with Gasteiger partial charge in [0, 0.05) is 29.3 Å². The van der Waals surface area contributed by atoms with Crippen LogP contribution >= 0.6 is 0 Å². The monoisotopic (exact) mass is 515 g/mol. The molecule has 2 aliphatic heterocycles. The molecule has 7 nitrogen and oxygen atoms in total. The van der Waals surface area contributed by atoms with Gasteiger partial charge in [0.1, 0.15) is 17.8 Å². The number of ketones is 1. The lowest BCUT2D eigenvalue weighted by Crippen LogP contribution is -2.41. The van der Waals surface area contributed by atoms with Crippen LogP contribution in [0.1, 0.15) is 75.3 Å². The van der Waals surface area contributed by atoms with Crippen molar-refractivity contribution in [1.82, 2.24) is 0 Å². The average Bonchev–Trinajstić information content (AvgIpc) is 3.59. The summed E-state index contributed by atoms with van der Waals surface area (Å²) in [5, 5.41) is 10.3. The van der Waals surface area contributed by atoms with Gasteiger partial charge in [0.25, 0.3) is 0 Å². The largest absolute Gasteiger partial charge is 0.508 e. The zero-order valence-electron chi connectivity index (χ0n) is 21.8. The standard InChI is InChI=1S/C31H33NO6/c1-17(2)30-29(31(35)38-22-8-3-4-9-22)27(19-6-5-7-21(33)12-19)28-23(32-30)13-20(14-24(28)34)18-10-11-25-26(15-18)37-16-36-25/h5-7,10-12,15,17,20,22,27,29,33H,3-4,8-9,13-14,16H2,1-2H3. The molecule has 7 heteroatoms. The molecule has 198 valence electrons. The Kier molecular flexibility index (Phi) is 6.46. The van der Waals surface area contributed by atoms with Gasteiger partial charge in [0.2, 0.25) is 6.79 Å². The van der Waals surface area contributed by atoms with E-state index in [0.29, 0.717) is 29.9 Å². The number of allylic oxidation sites excluding steroid dienone is 2. The number of hydrogen-bond acceptors (Lipinski definition) is 7. The summed E-state index contributed by atoms with van der Waals surface area (Å²) in [6.45, 7) is 4.25.